The summed E-state index contributed by atoms with van der Waals surface area (Å²) in [6.45, 7) is 0.715. The summed E-state index contributed by atoms with van der Waals surface area (Å²) in [5.41, 5.74) is 0. The van der Waals surface area contributed by atoms with Gasteiger partial charge in [0.15, 0.2) is 0 Å². The lowest BCUT2D eigenvalue weighted by atomic mass is 10.0. The fraction of sp³-hybridized carbons (Fsp3) is 0.833. The van der Waals surface area contributed by atoms with Gasteiger partial charge >= 0.3 is 5.97 Å². The van der Waals surface area contributed by atoms with Crippen LogP contribution in [0.15, 0.2) is 0 Å². The van der Waals surface area contributed by atoms with Gasteiger partial charge in [-0.3, -0.25) is 9.59 Å². The van der Waals surface area contributed by atoms with Crippen molar-refractivity contribution in [2.45, 2.75) is 38.5 Å². The molecule has 1 amide bonds. The van der Waals surface area contributed by atoms with Gasteiger partial charge in [0.1, 0.15) is 0 Å². The van der Waals surface area contributed by atoms with Crippen molar-refractivity contribution in [2.24, 2.45) is 17.8 Å². The number of nitrogens with one attached hydrogen (secondary N) is 1. The molecule has 2 atom stereocenters. The number of aliphatic carboxylic acids is 1. The molecule has 0 heterocycles. The van der Waals surface area contributed by atoms with E-state index >= 15 is 0 Å². The van der Waals surface area contributed by atoms with Crippen LogP contribution in [0, 0.1) is 17.8 Å². The van der Waals surface area contributed by atoms with E-state index < -0.39 is 11.9 Å². The Bertz CT molecular complexity index is 284. The van der Waals surface area contributed by atoms with Gasteiger partial charge in [0.2, 0.25) is 5.91 Å². The van der Waals surface area contributed by atoms with E-state index in [1.165, 1.54) is 25.7 Å². The summed E-state index contributed by atoms with van der Waals surface area (Å²) in [5, 5.41) is 11.5. The normalized spacial score (nSPS) is 29.0. The fourth-order valence-corrected chi connectivity index (χ4v) is 2.59. The first-order valence-corrected chi connectivity index (χ1v) is 6.19. The average molecular weight is 225 g/mol. The first-order valence-electron chi connectivity index (χ1n) is 6.19. The Balaban J connectivity index is 1.60. The highest BCUT2D eigenvalue weighted by atomic mass is 16.4. The van der Waals surface area contributed by atoms with E-state index in [2.05, 4.69) is 5.32 Å². The predicted molar refractivity (Wildman–Crippen MR) is 58.8 cm³/mol. The summed E-state index contributed by atoms with van der Waals surface area (Å²) in [6, 6.07) is 0. The van der Waals surface area contributed by atoms with Crippen molar-refractivity contribution in [3.05, 3.63) is 0 Å². The maximum atomic E-state index is 11.5. The van der Waals surface area contributed by atoms with Crippen LogP contribution < -0.4 is 5.32 Å². The second kappa shape index (κ2) is 4.85. The van der Waals surface area contributed by atoms with E-state index in [-0.39, 0.29) is 11.8 Å². The van der Waals surface area contributed by atoms with Crippen LogP contribution >= 0.6 is 0 Å². The first kappa shape index (κ1) is 11.4. The molecule has 16 heavy (non-hydrogen) atoms. The van der Waals surface area contributed by atoms with Crippen LogP contribution in [-0.2, 0) is 9.59 Å². The van der Waals surface area contributed by atoms with E-state index in [1.807, 2.05) is 0 Å². The number of carbonyl (C=O) groups is 2. The minimum atomic E-state index is -0.837. The Hall–Kier alpha value is -1.06. The Morgan fingerprint density at radius 1 is 1.19 bits per heavy atom. The van der Waals surface area contributed by atoms with Crippen LogP contribution in [0.3, 0.4) is 0 Å². The van der Waals surface area contributed by atoms with Gasteiger partial charge in [-0.15, -0.1) is 0 Å². The van der Waals surface area contributed by atoms with Crippen molar-refractivity contribution >= 4 is 11.9 Å². The maximum Gasteiger partial charge on any atom is 0.307 e. The van der Waals surface area contributed by atoms with Crippen LogP contribution in [0.5, 0.6) is 0 Å². The van der Waals surface area contributed by atoms with Crippen molar-refractivity contribution in [3.63, 3.8) is 0 Å². The topological polar surface area (TPSA) is 66.4 Å². The Labute approximate surface area is 95.4 Å². The zero-order valence-corrected chi connectivity index (χ0v) is 9.45. The molecule has 0 aromatic rings. The highest BCUT2D eigenvalue weighted by molar-refractivity contribution is 5.89. The zero-order valence-electron chi connectivity index (χ0n) is 9.45. The lowest BCUT2D eigenvalue weighted by Crippen LogP contribution is -2.28. The van der Waals surface area contributed by atoms with Crippen LogP contribution in [0.25, 0.3) is 0 Å². The van der Waals surface area contributed by atoms with Crippen molar-refractivity contribution in [2.75, 3.05) is 6.54 Å². The van der Waals surface area contributed by atoms with Crippen molar-refractivity contribution in [1.29, 1.82) is 0 Å². The molecule has 0 bridgehead atoms. The van der Waals surface area contributed by atoms with Gasteiger partial charge in [-0.1, -0.05) is 25.7 Å². The second-order valence-electron chi connectivity index (χ2n) is 5.02. The lowest BCUT2D eigenvalue weighted by molar-refractivity contribution is -0.140. The molecule has 2 fully saturated rings. The zero-order chi connectivity index (χ0) is 11.5. The quantitative estimate of drug-likeness (QED) is 0.743. The third-order valence-electron chi connectivity index (χ3n) is 3.77. The van der Waals surface area contributed by atoms with E-state index in [9.17, 15) is 9.59 Å². The summed E-state index contributed by atoms with van der Waals surface area (Å²) >= 11 is 0. The van der Waals surface area contributed by atoms with Gasteiger partial charge in [0.25, 0.3) is 0 Å². The summed E-state index contributed by atoms with van der Waals surface area (Å²) in [6.07, 6.45) is 6.79. The van der Waals surface area contributed by atoms with Gasteiger partial charge in [-0.25, -0.2) is 0 Å². The van der Waals surface area contributed by atoms with Gasteiger partial charge in [0.05, 0.1) is 11.8 Å². The summed E-state index contributed by atoms with van der Waals surface area (Å²) in [5.74, 6) is -0.816. The highest BCUT2D eigenvalue weighted by Gasteiger charge is 2.48. The van der Waals surface area contributed by atoms with E-state index in [1.54, 1.807) is 0 Å². The largest absolute Gasteiger partial charge is 0.481 e. The first-order chi connectivity index (χ1) is 7.68. The molecule has 2 aliphatic carbocycles. The third-order valence-corrected chi connectivity index (χ3v) is 3.77. The Morgan fingerprint density at radius 3 is 2.44 bits per heavy atom. The van der Waals surface area contributed by atoms with Gasteiger partial charge < -0.3 is 10.4 Å². The molecule has 90 valence electrons. The number of carboxylic acids is 1. The van der Waals surface area contributed by atoms with E-state index in [0.717, 1.165) is 12.3 Å². The van der Waals surface area contributed by atoms with Crippen LogP contribution in [-0.4, -0.2) is 23.5 Å². The molecule has 0 unspecified atom stereocenters. The predicted octanol–water partition coefficient (Wildman–Crippen LogP) is 1.40. The summed E-state index contributed by atoms with van der Waals surface area (Å²) < 4.78 is 0. The second-order valence-corrected chi connectivity index (χ2v) is 5.02. The van der Waals surface area contributed by atoms with Crippen molar-refractivity contribution in [3.8, 4) is 0 Å². The molecule has 0 aliphatic heterocycles. The molecule has 4 nitrogen and oxygen atoms in total. The summed E-state index contributed by atoms with van der Waals surface area (Å²) in [7, 11) is 0. The third kappa shape index (κ3) is 2.74. The molecule has 0 aromatic heterocycles. The number of hydrogen-bond donors (Lipinski definition) is 2. The molecular formula is C12H19NO3. The number of rotatable bonds is 5. The number of amides is 1. The Kier molecular flexibility index (Phi) is 3.46. The standard InChI is InChI=1S/C12H19NO3/c14-11(9-7-10(9)12(15)16)13-6-5-8-3-1-2-4-8/h8-10H,1-7H2,(H,13,14)(H,15,16)/t9-,10+/m1/s1. The monoisotopic (exact) mass is 225 g/mol. The highest BCUT2D eigenvalue weighted by Crippen LogP contribution is 2.38. The minimum Gasteiger partial charge on any atom is -0.481 e. The fourth-order valence-electron chi connectivity index (χ4n) is 2.59. The molecule has 2 N–H and O–H groups in total. The van der Waals surface area contributed by atoms with E-state index in [0.29, 0.717) is 13.0 Å². The molecule has 2 saturated carbocycles. The van der Waals surface area contributed by atoms with E-state index in [4.69, 9.17) is 5.11 Å². The van der Waals surface area contributed by atoms with Crippen LogP contribution in [0.1, 0.15) is 38.5 Å². The number of hydrogen-bond acceptors (Lipinski definition) is 2. The maximum absolute atomic E-state index is 11.5. The molecule has 0 spiro atoms. The van der Waals surface area contributed by atoms with Gasteiger partial charge in [-0.2, -0.15) is 0 Å². The number of carboxylic acid groups (broad SMARTS) is 1. The SMILES string of the molecule is O=C(O)[C@H]1C[C@H]1C(=O)NCCC1CCCC1. The molecule has 0 radical (unpaired) electrons. The lowest BCUT2D eigenvalue weighted by Gasteiger charge is -2.09. The van der Waals surface area contributed by atoms with Gasteiger partial charge in [0, 0.05) is 6.54 Å². The molecule has 2 aliphatic rings. The molecule has 2 rings (SSSR count). The summed E-state index contributed by atoms with van der Waals surface area (Å²) in [4.78, 5) is 22.1. The molecule has 0 saturated heterocycles. The molecule has 4 heteroatoms. The Morgan fingerprint density at radius 2 is 1.88 bits per heavy atom. The number of carbonyl (C=O) groups excluding carboxylic acids is 1. The van der Waals surface area contributed by atoms with Crippen LogP contribution in [0.4, 0.5) is 0 Å². The smallest absolute Gasteiger partial charge is 0.307 e. The molecule has 0 aromatic carbocycles. The van der Waals surface area contributed by atoms with Crippen molar-refractivity contribution < 1.29 is 14.7 Å². The minimum absolute atomic E-state index is 0.0644. The van der Waals surface area contributed by atoms with Crippen molar-refractivity contribution in [1.82, 2.24) is 5.32 Å². The average Bonchev–Trinajstić information content (AvgIpc) is 2.90. The molecular weight excluding hydrogens is 206 g/mol. The van der Waals surface area contributed by atoms with Gasteiger partial charge in [-0.05, 0) is 18.8 Å². The van der Waals surface area contributed by atoms with Crippen LogP contribution in [0.2, 0.25) is 0 Å².